The zero-order valence-electron chi connectivity index (χ0n) is 15.0. The molecule has 4 rings (SSSR count). The number of rotatable bonds is 4. The van der Waals surface area contributed by atoms with Gasteiger partial charge >= 0.3 is 0 Å². The Morgan fingerprint density at radius 1 is 1.14 bits per heavy atom. The molecular formula is C20H21ClN2O5. The fourth-order valence-corrected chi connectivity index (χ4v) is 4.07. The molecule has 0 spiro atoms. The molecule has 1 aliphatic carbocycles. The van der Waals surface area contributed by atoms with E-state index in [4.69, 9.17) is 16.3 Å². The van der Waals surface area contributed by atoms with Crippen molar-refractivity contribution in [3.05, 3.63) is 58.8 Å². The fourth-order valence-electron chi connectivity index (χ4n) is 3.94. The summed E-state index contributed by atoms with van der Waals surface area (Å²) >= 11 is 5.89. The minimum Gasteiger partial charge on any atom is -0.492 e. The smallest absolute Gasteiger partial charge is 0.241 e. The predicted molar refractivity (Wildman–Crippen MR) is 100 cm³/mol. The molecule has 8 heteroatoms. The molecule has 0 radical (unpaired) electrons. The van der Waals surface area contributed by atoms with E-state index >= 15 is 0 Å². The van der Waals surface area contributed by atoms with E-state index < -0.39 is 30.3 Å². The maximum absolute atomic E-state index is 13.1. The number of aliphatic hydroxyl groups is 2. The van der Waals surface area contributed by atoms with Crippen molar-refractivity contribution in [2.75, 3.05) is 0 Å². The van der Waals surface area contributed by atoms with Crippen LogP contribution >= 0.6 is 11.6 Å². The van der Waals surface area contributed by atoms with Crippen molar-refractivity contribution >= 4 is 23.4 Å². The Labute approximate surface area is 167 Å². The molecule has 3 aliphatic rings. The average Bonchev–Trinajstić information content (AvgIpc) is 2.93. The molecule has 2 aliphatic heterocycles. The minimum absolute atomic E-state index is 0.251. The highest BCUT2D eigenvalue weighted by Crippen LogP contribution is 2.39. The second-order valence-corrected chi connectivity index (χ2v) is 7.63. The number of carbonyl (C=O) groups is 2. The van der Waals surface area contributed by atoms with Crippen molar-refractivity contribution < 1.29 is 24.5 Å². The van der Waals surface area contributed by atoms with Gasteiger partial charge in [0.1, 0.15) is 30.7 Å². The standard InChI is InChI=1S/C20H21ClN2O5/c21-12-6-4-11(5-7-12)10-28-15-3-1-2-13-17(15)20(27)23(19(13)26)14-8-9-16(24)22-18(14)25/h1-7,13-14,16-18,22,24-25H,8-10H2. The summed E-state index contributed by atoms with van der Waals surface area (Å²) in [5.41, 5.74) is 0.894. The average molecular weight is 405 g/mol. The molecule has 2 heterocycles. The molecule has 1 aromatic carbocycles. The summed E-state index contributed by atoms with van der Waals surface area (Å²) in [6.45, 7) is 0.251. The lowest BCUT2D eigenvalue weighted by Gasteiger charge is -2.36. The van der Waals surface area contributed by atoms with E-state index in [2.05, 4.69) is 5.32 Å². The van der Waals surface area contributed by atoms with Gasteiger partial charge in [-0.25, -0.2) is 0 Å². The summed E-state index contributed by atoms with van der Waals surface area (Å²) in [6.07, 6.45) is 3.78. The van der Waals surface area contributed by atoms with Crippen molar-refractivity contribution in [3.63, 3.8) is 0 Å². The third-order valence-corrected chi connectivity index (χ3v) is 5.64. The third kappa shape index (κ3) is 3.46. The number of nitrogens with zero attached hydrogens (tertiary/aromatic N) is 1. The molecule has 2 fully saturated rings. The minimum atomic E-state index is -1.16. The number of halogens is 1. The van der Waals surface area contributed by atoms with Gasteiger partial charge in [-0.2, -0.15) is 0 Å². The lowest BCUT2D eigenvalue weighted by atomic mass is 9.89. The van der Waals surface area contributed by atoms with Crippen LogP contribution in [0.3, 0.4) is 0 Å². The highest BCUT2D eigenvalue weighted by Gasteiger charge is 2.53. The SMILES string of the molecule is O=C1C2C=CC=C(OCc3ccc(Cl)cc3)C2C(=O)N1C1CCC(O)NC1O. The van der Waals surface area contributed by atoms with Crippen LogP contribution in [0.5, 0.6) is 0 Å². The Balaban J connectivity index is 1.51. The molecule has 28 heavy (non-hydrogen) atoms. The highest BCUT2D eigenvalue weighted by molar-refractivity contribution is 6.30. The summed E-state index contributed by atoms with van der Waals surface area (Å²) in [7, 11) is 0. The maximum atomic E-state index is 13.1. The number of allylic oxidation sites excluding steroid dienone is 2. The van der Waals surface area contributed by atoms with Gasteiger partial charge in [-0.15, -0.1) is 0 Å². The Kier molecular flexibility index (Phi) is 5.25. The zero-order valence-corrected chi connectivity index (χ0v) is 15.7. The topological polar surface area (TPSA) is 99.1 Å². The molecule has 0 bridgehead atoms. The normalized spacial score (nSPS) is 32.3. The van der Waals surface area contributed by atoms with E-state index in [-0.39, 0.29) is 18.4 Å². The number of nitrogens with one attached hydrogen (secondary N) is 1. The highest BCUT2D eigenvalue weighted by atomic mass is 35.5. The molecule has 5 unspecified atom stereocenters. The lowest BCUT2D eigenvalue weighted by Crippen LogP contribution is -2.58. The number of fused-ring (bicyclic) bond motifs is 1. The number of hydrogen-bond donors (Lipinski definition) is 3. The van der Waals surface area contributed by atoms with Crippen LogP contribution in [0.25, 0.3) is 0 Å². The first-order chi connectivity index (χ1) is 13.5. The number of benzene rings is 1. The van der Waals surface area contributed by atoms with Gasteiger partial charge in [0, 0.05) is 5.02 Å². The second-order valence-electron chi connectivity index (χ2n) is 7.19. The molecule has 2 amide bonds. The molecule has 1 aromatic rings. The van der Waals surface area contributed by atoms with Crippen LogP contribution in [0.4, 0.5) is 0 Å². The maximum Gasteiger partial charge on any atom is 0.241 e. The van der Waals surface area contributed by atoms with Gasteiger partial charge < -0.3 is 14.9 Å². The number of ether oxygens (including phenoxy) is 1. The summed E-state index contributed by atoms with van der Waals surface area (Å²) in [5, 5.41) is 23.0. The number of piperidine rings is 1. The van der Waals surface area contributed by atoms with Crippen molar-refractivity contribution in [1.29, 1.82) is 0 Å². The summed E-state index contributed by atoms with van der Waals surface area (Å²) < 4.78 is 5.87. The monoisotopic (exact) mass is 404 g/mol. The first kappa shape index (κ1) is 19.1. The van der Waals surface area contributed by atoms with Crippen molar-refractivity contribution in [2.45, 2.75) is 37.9 Å². The molecule has 0 aromatic heterocycles. The molecule has 148 valence electrons. The first-order valence-corrected chi connectivity index (χ1v) is 9.58. The third-order valence-electron chi connectivity index (χ3n) is 5.38. The predicted octanol–water partition coefficient (Wildman–Crippen LogP) is 1.30. The fraction of sp³-hybridized carbons (Fsp3) is 0.400. The Morgan fingerprint density at radius 2 is 1.89 bits per heavy atom. The number of carbonyl (C=O) groups excluding carboxylic acids is 2. The van der Waals surface area contributed by atoms with Crippen molar-refractivity contribution in [2.24, 2.45) is 11.8 Å². The zero-order chi connectivity index (χ0) is 19.8. The van der Waals surface area contributed by atoms with E-state index in [1.165, 1.54) is 0 Å². The Bertz CT molecular complexity index is 838. The Hall–Kier alpha value is -2.19. The van der Waals surface area contributed by atoms with E-state index in [1.54, 1.807) is 30.4 Å². The van der Waals surface area contributed by atoms with Gasteiger partial charge in [-0.3, -0.25) is 19.8 Å². The summed E-state index contributed by atoms with van der Waals surface area (Å²) in [5.74, 6) is -1.68. The van der Waals surface area contributed by atoms with Crippen molar-refractivity contribution in [1.82, 2.24) is 10.2 Å². The molecular weight excluding hydrogens is 384 g/mol. The van der Waals surface area contributed by atoms with E-state index in [0.29, 0.717) is 23.6 Å². The molecule has 0 saturated carbocycles. The van der Waals surface area contributed by atoms with Crippen LogP contribution in [0, 0.1) is 11.8 Å². The van der Waals surface area contributed by atoms with E-state index in [0.717, 1.165) is 10.5 Å². The van der Waals surface area contributed by atoms with Crippen molar-refractivity contribution in [3.8, 4) is 0 Å². The largest absolute Gasteiger partial charge is 0.492 e. The molecule has 2 saturated heterocycles. The van der Waals surface area contributed by atoms with Gasteiger partial charge in [0.05, 0.1) is 12.0 Å². The van der Waals surface area contributed by atoms with Gasteiger partial charge in [-0.05, 0) is 36.6 Å². The van der Waals surface area contributed by atoms with Crippen LogP contribution in [-0.4, -0.2) is 45.4 Å². The van der Waals surface area contributed by atoms with E-state index in [9.17, 15) is 19.8 Å². The number of aliphatic hydroxyl groups excluding tert-OH is 2. The van der Waals surface area contributed by atoms with Crippen LogP contribution in [0.2, 0.25) is 5.02 Å². The van der Waals surface area contributed by atoms with Gasteiger partial charge in [0.25, 0.3) is 0 Å². The Morgan fingerprint density at radius 3 is 2.61 bits per heavy atom. The van der Waals surface area contributed by atoms with Gasteiger partial charge in [-0.1, -0.05) is 35.9 Å². The van der Waals surface area contributed by atoms with Crippen LogP contribution in [0.15, 0.2) is 48.3 Å². The second kappa shape index (κ2) is 7.67. The quantitative estimate of drug-likeness (QED) is 0.654. The van der Waals surface area contributed by atoms with Crippen LogP contribution in [0.1, 0.15) is 18.4 Å². The lowest BCUT2D eigenvalue weighted by molar-refractivity contribution is -0.149. The number of likely N-dealkylation sites (tertiary alicyclic amines) is 1. The summed E-state index contributed by atoms with van der Waals surface area (Å²) in [4.78, 5) is 27.1. The number of imide groups is 1. The van der Waals surface area contributed by atoms with Crippen LogP contribution in [-0.2, 0) is 20.9 Å². The van der Waals surface area contributed by atoms with Gasteiger partial charge in [0.2, 0.25) is 11.8 Å². The summed E-state index contributed by atoms with van der Waals surface area (Å²) in [6, 6.07) is 6.48. The molecule has 3 N–H and O–H groups in total. The molecule has 7 nitrogen and oxygen atoms in total. The number of hydrogen-bond acceptors (Lipinski definition) is 6. The first-order valence-electron chi connectivity index (χ1n) is 9.20. The van der Waals surface area contributed by atoms with Crippen LogP contribution < -0.4 is 5.32 Å². The number of amides is 2. The van der Waals surface area contributed by atoms with Gasteiger partial charge in [0.15, 0.2) is 0 Å². The molecule has 5 atom stereocenters. The van der Waals surface area contributed by atoms with E-state index in [1.807, 2.05) is 12.1 Å².